The molecule has 2 aromatic rings. The van der Waals surface area contributed by atoms with Crippen LogP contribution in [0, 0.1) is 0 Å². The number of ether oxygens (including phenoxy) is 1. The van der Waals surface area contributed by atoms with E-state index in [-0.39, 0.29) is 18.0 Å². The topological polar surface area (TPSA) is 54.7 Å². The SMILES string of the molecule is COc1cccc([C@H]2[C@@H](NC(=O)c3ccco3)CCN2C2CC2)c1. The predicted molar refractivity (Wildman–Crippen MR) is 90.0 cm³/mol. The molecule has 1 aromatic heterocycles. The first-order valence-corrected chi connectivity index (χ1v) is 8.50. The van der Waals surface area contributed by atoms with Gasteiger partial charge in [-0.2, -0.15) is 0 Å². The lowest BCUT2D eigenvalue weighted by molar-refractivity contribution is 0.0895. The number of amides is 1. The molecule has 0 radical (unpaired) electrons. The normalized spacial score (nSPS) is 24.0. The van der Waals surface area contributed by atoms with Crippen molar-refractivity contribution in [1.29, 1.82) is 0 Å². The van der Waals surface area contributed by atoms with Crippen molar-refractivity contribution in [1.82, 2.24) is 10.2 Å². The molecule has 1 aromatic carbocycles. The standard InChI is InChI=1S/C19H22N2O3/c1-23-15-5-2-4-13(12-15)18-16(9-10-21(18)14-7-8-14)20-19(22)17-6-3-11-24-17/h2-6,11-12,14,16,18H,7-10H2,1H3,(H,20,22)/t16-,18-/m0/s1. The van der Waals surface area contributed by atoms with E-state index >= 15 is 0 Å². The second-order valence-electron chi connectivity index (χ2n) is 6.54. The molecule has 126 valence electrons. The van der Waals surface area contributed by atoms with Crippen molar-refractivity contribution in [2.24, 2.45) is 0 Å². The van der Waals surface area contributed by atoms with Gasteiger partial charge in [-0.05, 0) is 49.1 Å². The summed E-state index contributed by atoms with van der Waals surface area (Å²) in [6.07, 6.45) is 4.98. The van der Waals surface area contributed by atoms with Gasteiger partial charge in [0.25, 0.3) is 5.91 Å². The van der Waals surface area contributed by atoms with Crippen molar-refractivity contribution in [2.45, 2.75) is 37.4 Å². The molecule has 2 heterocycles. The first-order valence-electron chi connectivity index (χ1n) is 8.50. The van der Waals surface area contributed by atoms with E-state index in [1.54, 1.807) is 19.2 Å². The number of furan rings is 1. The number of carbonyl (C=O) groups is 1. The summed E-state index contributed by atoms with van der Waals surface area (Å²) in [4.78, 5) is 14.9. The van der Waals surface area contributed by atoms with Gasteiger partial charge in [-0.3, -0.25) is 9.69 Å². The minimum Gasteiger partial charge on any atom is -0.497 e. The number of benzene rings is 1. The molecule has 0 unspecified atom stereocenters. The quantitative estimate of drug-likeness (QED) is 0.918. The van der Waals surface area contributed by atoms with Crippen LogP contribution in [-0.2, 0) is 0 Å². The largest absolute Gasteiger partial charge is 0.497 e. The molecule has 5 heteroatoms. The van der Waals surface area contributed by atoms with Crippen LogP contribution in [0.15, 0.2) is 47.1 Å². The van der Waals surface area contributed by atoms with E-state index in [1.165, 1.54) is 24.7 Å². The van der Waals surface area contributed by atoms with Crippen LogP contribution in [0.5, 0.6) is 5.75 Å². The number of likely N-dealkylation sites (tertiary alicyclic amines) is 1. The van der Waals surface area contributed by atoms with Gasteiger partial charge in [0.1, 0.15) is 5.75 Å². The van der Waals surface area contributed by atoms with Crippen molar-refractivity contribution in [3.8, 4) is 5.75 Å². The van der Waals surface area contributed by atoms with E-state index in [1.807, 2.05) is 12.1 Å². The van der Waals surface area contributed by atoms with E-state index in [0.717, 1.165) is 18.7 Å². The maximum absolute atomic E-state index is 12.4. The van der Waals surface area contributed by atoms with Crippen LogP contribution in [0.2, 0.25) is 0 Å². The van der Waals surface area contributed by atoms with Gasteiger partial charge in [0, 0.05) is 12.6 Å². The van der Waals surface area contributed by atoms with E-state index in [0.29, 0.717) is 11.8 Å². The molecule has 1 saturated heterocycles. The van der Waals surface area contributed by atoms with Crippen LogP contribution >= 0.6 is 0 Å². The fourth-order valence-electron chi connectivity index (χ4n) is 3.68. The van der Waals surface area contributed by atoms with Crippen molar-refractivity contribution >= 4 is 5.91 Å². The Morgan fingerprint density at radius 2 is 2.12 bits per heavy atom. The second kappa shape index (κ2) is 6.32. The van der Waals surface area contributed by atoms with E-state index in [4.69, 9.17) is 9.15 Å². The molecule has 1 N–H and O–H groups in total. The molecular weight excluding hydrogens is 304 g/mol. The molecule has 4 rings (SSSR count). The van der Waals surface area contributed by atoms with Gasteiger partial charge in [-0.25, -0.2) is 0 Å². The highest BCUT2D eigenvalue weighted by molar-refractivity contribution is 5.91. The second-order valence-corrected chi connectivity index (χ2v) is 6.54. The number of methoxy groups -OCH3 is 1. The molecule has 1 aliphatic carbocycles. The average Bonchev–Trinajstić information content (AvgIpc) is 3.14. The molecule has 1 amide bonds. The van der Waals surface area contributed by atoms with Crippen molar-refractivity contribution in [2.75, 3.05) is 13.7 Å². The first-order chi connectivity index (χ1) is 11.8. The van der Waals surface area contributed by atoms with Crippen LogP contribution in [-0.4, -0.2) is 36.5 Å². The maximum atomic E-state index is 12.4. The Hall–Kier alpha value is -2.27. The molecule has 5 nitrogen and oxygen atoms in total. The molecule has 2 atom stereocenters. The Kier molecular flexibility index (Phi) is 4.02. The van der Waals surface area contributed by atoms with E-state index < -0.39 is 0 Å². The van der Waals surface area contributed by atoms with Crippen LogP contribution in [0.1, 0.15) is 41.4 Å². The van der Waals surface area contributed by atoms with Gasteiger partial charge in [0.2, 0.25) is 0 Å². The summed E-state index contributed by atoms with van der Waals surface area (Å²) in [7, 11) is 1.68. The molecule has 24 heavy (non-hydrogen) atoms. The van der Waals surface area contributed by atoms with Gasteiger partial charge >= 0.3 is 0 Å². The molecule has 0 spiro atoms. The molecule has 0 bridgehead atoms. The summed E-state index contributed by atoms with van der Waals surface area (Å²) in [6, 6.07) is 12.5. The minimum absolute atomic E-state index is 0.0790. The third-order valence-corrected chi connectivity index (χ3v) is 4.95. The Bertz CT molecular complexity index is 709. The summed E-state index contributed by atoms with van der Waals surface area (Å²) in [6.45, 7) is 1.01. The lowest BCUT2D eigenvalue weighted by Crippen LogP contribution is -2.40. The summed E-state index contributed by atoms with van der Waals surface area (Å²) < 4.78 is 10.6. The van der Waals surface area contributed by atoms with Gasteiger partial charge in [-0.15, -0.1) is 0 Å². The Balaban J connectivity index is 1.59. The van der Waals surface area contributed by atoms with E-state index in [9.17, 15) is 4.79 Å². The zero-order valence-electron chi connectivity index (χ0n) is 13.8. The zero-order valence-corrected chi connectivity index (χ0v) is 13.8. The fraction of sp³-hybridized carbons (Fsp3) is 0.421. The lowest BCUT2D eigenvalue weighted by atomic mass is 9.99. The molecule has 1 aliphatic heterocycles. The van der Waals surface area contributed by atoms with Crippen LogP contribution < -0.4 is 10.1 Å². The lowest BCUT2D eigenvalue weighted by Gasteiger charge is -2.29. The summed E-state index contributed by atoms with van der Waals surface area (Å²) >= 11 is 0. The highest BCUT2D eigenvalue weighted by atomic mass is 16.5. The minimum atomic E-state index is -0.143. The monoisotopic (exact) mass is 326 g/mol. The highest BCUT2D eigenvalue weighted by Gasteiger charge is 2.43. The Labute approximate surface area is 141 Å². The number of hydrogen-bond acceptors (Lipinski definition) is 4. The third kappa shape index (κ3) is 2.91. The van der Waals surface area contributed by atoms with Gasteiger partial charge < -0.3 is 14.5 Å². The first kappa shape index (κ1) is 15.3. The summed E-state index contributed by atoms with van der Waals surface area (Å²) in [5.41, 5.74) is 1.20. The summed E-state index contributed by atoms with van der Waals surface area (Å²) in [5, 5.41) is 3.16. The van der Waals surface area contributed by atoms with E-state index in [2.05, 4.69) is 22.3 Å². The van der Waals surface area contributed by atoms with Gasteiger partial charge in [0.05, 0.1) is 25.5 Å². The molecular formula is C19H22N2O3. The maximum Gasteiger partial charge on any atom is 0.287 e. The van der Waals surface area contributed by atoms with Crippen molar-refractivity contribution in [3.05, 3.63) is 54.0 Å². The van der Waals surface area contributed by atoms with Crippen LogP contribution in [0.4, 0.5) is 0 Å². The Morgan fingerprint density at radius 1 is 1.25 bits per heavy atom. The number of nitrogens with one attached hydrogen (secondary N) is 1. The van der Waals surface area contributed by atoms with Gasteiger partial charge in [0.15, 0.2) is 5.76 Å². The summed E-state index contributed by atoms with van der Waals surface area (Å²) in [5.74, 6) is 1.08. The predicted octanol–water partition coefficient (Wildman–Crippen LogP) is 3.00. The zero-order chi connectivity index (χ0) is 16.5. The number of hydrogen-bond donors (Lipinski definition) is 1. The number of carbonyl (C=O) groups excluding carboxylic acids is 1. The van der Waals surface area contributed by atoms with Crippen molar-refractivity contribution < 1.29 is 13.9 Å². The fourth-order valence-corrected chi connectivity index (χ4v) is 3.68. The highest BCUT2D eigenvalue weighted by Crippen LogP contribution is 2.41. The van der Waals surface area contributed by atoms with Crippen LogP contribution in [0.3, 0.4) is 0 Å². The molecule has 2 fully saturated rings. The van der Waals surface area contributed by atoms with Crippen LogP contribution in [0.25, 0.3) is 0 Å². The molecule has 1 saturated carbocycles. The Morgan fingerprint density at radius 3 is 2.83 bits per heavy atom. The number of rotatable bonds is 5. The third-order valence-electron chi connectivity index (χ3n) is 4.95. The smallest absolute Gasteiger partial charge is 0.287 e. The average molecular weight is 326 g/mol. The molecule has 2 aliphatic rings. The van der Waals surface area contributed by atoms with Gasteiger partial charge in [-0.1, -0.05) is 12.1 Å². The number of nitrogens with zero attached hydrogens (tertiary/aromatic N) is 1. The van der Waals surface area contributed by atoms with Crippen molar-refractivity contribution in [3.63, 3.8) is 0 Å².